The Bertz CT molecular complexity index is 453. The summed E-state index contributed by atoms with van der Waals surface area (Å²) in [4.78, 5) is 12.0. The van der Waals surface area contributed by atoms with Crippen LogP contribution >= 0.6 is 12.2 Å². The van der Waals surface area contributed by atoms with E-state index in [0.717, 1.165) is 31.4 Å². The van der Waals surface area contributed by atoms with Crippen LogP contribution in [0.3, 0.4) is 0 Å². The van der Waals surface area contributed by atoms with Gasteiger partial charge in [-0.25, -0.2) is 0 Å². The maximum Gasteiger partial charge on any atom is 0.229 e. The first-order chi connectivity index (χ1) is 9.15. The van der Waals surface area contributed by atoms with Gasteiger partial charge in [-0.15, -0.1) is 0 Å². The lowest BCUT2D eigenvalue weighted by molar-refractivity contribution is -0.124. The number of anilines is 1. The molecule has 3 N–H and O–H groups in total. The van der Waals surface area contributed by atoms with Crippen LogP contribution in [0.4, 0.5) is 5.69 Å². The minimum Gasteiger partial charge on any atom is -0.508 e. The molecule has 5 heteroatoms. The Balaban J connectivity index is 1.83. The first-order valence-corrected chi connectivity index (χ1v) is 6.97. The topological polar surface area (TPSA) is 61.4 Å². The number of nitrogens with one attached hydrogen (secondary N) is 2. The standard InChI is InChI=1S/C14H18N2O2S/c17-12-8-6-11(7-9-12)15-14(19)16-13(18)10-4-2-1-3-5-10/h6-10,17H,1-5H2,(H2,15,16,18,19). The first-order valence-electron chi connectivity index (χ1n) is 6.56. The fraction of sp³-hybridized carbons (Fsp3) is 0.429. The lowest BCUT2D eigenvalue weighted by Gasteiger charge is -2.21. The van der Waals surface area contributed by atoms with Gasteiger partial charge in [-0.2, -0.15) is 0 Å². The highest BCUT2D eigenvalue weighted by Crippen LogP contribution is 2.23. The number of benzene rings is 1. The fourth-order valence-corrected chi connectivity index (χ4v) is 2.50. The van der Waals surface area contributed by atoms with Crippen LogP contribution in [0.2, 0.25) is 0 Å². The van der Waals surface area contributed by atoms with Crippen molar-refractivity contribution in [1.82, 2.24) is 5.32 Å². The van der Waals surface area contributed by atoms with Crippen molar-refractivity contribution in [2.45, 2.75) is 32.1 Å². The molecule has 0 saturated heterocycles. The van der Waals surface area contributed by atoms with E-state index in [1.54, 1.807) is 24.3 Å². The van der Waals surface area contributed by atoms with Crippen molar-refractivity contribution in [3.05, 3.63) is 24.3 Å². The van der Waals surface area contributed by atoms with Crippen LogP contribution < -0.4 is 10.6 Å². The molecule has 102 valence electrons. The van der Waals surface area contributed by atoms with Gasteiger partial charge in [-0.05, 0) is 49.3 Å². The SMILES string of the molecule is O=C(NC(=S)Nc1ccc(O)cc1)C1CCCCC1. The fourth-order valence-electron chi connectivity index (χ4n) is 2.29. The van der Waals surface area contributed by atoms with E-state index in [2.05, 4.69) is 10.6 Å². The van der Waals surface area contributed by atoms with E-state index in [4.69, 9.17) is 12.2 Å². The highest BCUT2D eigenvalue weighted by atomic mass is 32.1. The first kappa shape index (κ1) is 13.8. The molecule has 1 saturated carbocycles. The Labute approximate surface area is 118 Å². The third kappa shape index (κ3) is 4.21. The van der Waals surface area contributed by atoms with Gasteiger partial charge in [0.15, 0.2) is 5.11 Å². The maximum atomic E-state index is 12.0. The second-order valence-electron chi connectivity index (χ2n) is 4.83. The zero-order valence-corrected chi connectivity index (χ0v) is 11.5. The summed E-state index contributed by atoms with van der Waals surface area (Å²) in [5.41, 5.74) is 0.742. The molecule has 1 aromatic carbocycles. The predicted molar refractivity (Wildman–Crippen MR) is 79.0 cm³/mol. The number of amides is 1. The van der Waals surface area contributed by atoms with Gasteiger partial charge in [-0.1, -0.05) is 19.3 Å². The number of hydrogen-bond donors (Lipinski definition) is 3. The van der Waals surface area contributed by atoms with E-state index in [9.17, 15) is 9.90 Å². The molecule has 0 aliphatic heterocycles. The van der Waals surface area contributed by atoms with Crippen LogP contribution in [0.5, 0.6) is 5.75 Å². The van der Waals surface area contributed by atoms with Crippen LogP contribution in [-0.4, -0.2) is 16.1 Å². The van der Waals surface area contributed by atoms with Gasteiger partial charge in [0, 0.05) is 11.6 Å². The van der Waals surface area contributed by atoms with Gasteiger partial charge in [0.05, 0.1) is 0 Å². The van der Waals surface area contributed by atoms with Crippen LogP contribution in [-0.2, 0) is 4.79 Å². The van der Waals surface area contributed by atoms with Crippen molar-refractivity contribution in [3.8, 4) is 5.75 Å². The van der Waals surface area contributed by atoms with Gasteiger partial charge in [0.2, 0.25) is 5.91 Å². The number of hydrogen-bond acceptors (Lipinski definition) is 3. The van der Waals surface area contributed by atoms with E-state index in [1.165, 1.54) is 6.42 Å². The van der Waals surface area contributed by atoms with E-state index < -0.39 is 0 Å². The van der Waals surface area contributed by atoms with Gasteiger partial charge in [0.1, 0.15) is 5.75 Å². The smallest absolute Gasteiger partial charge is 0.229 e. The Morgan fingerprint density at radius 1 is 1.16 bits per heavy atom. The molecule has 0 heterocycles. The molecule has 1 amide bonds. The second kappa shape index (κ2) is 6.52. The average molecular weight is 278 g/mol. The zero-order valence-electron chi connectivity index (χ0n) is 10.7. The monoisotopic (exact) mass is 278 g/mol. The molecule has 19 heavy (non-hydrogen) atoms. The van der Waals surface area contributed by atoms with Crippen LogP contribution in [0.25, 0.3) is 0 Å². The highest BCUT2D eigenvalue weighted by molar-refractivity contribution is 7.80. The van der Waals surface area contributed by atoms with Crippen LogP contribution in [0.1, 0.15) is 32.1 Å². The van der Waals surface area contributed by atoms with Gasteiger partial charge in [-0.3, -0.25) is 4.79 Å². The molecule has 4 nitrogen and oxygen atoms in total. The normalized spacial score (nSPS) is 15.8. The molecule has 1 aromatic rings. The number of thiocarbonyl (C=S) groups is 1. The van der Waals surface area contributed by atoms with Crippen molar-refractivity contribution in [2.75, 3.05) is 5.32 Å². The van der Waals surface area contributed by atoms with Crippen LogP contribution in [0, 0.1) is 5.92 Å². The maximum absolute atomic E-state index is 12.0. The predicted octanol–water partition coefficient (Wildman–Crippen LogP) is 2.79. The summed E-state index contributed by atoms with van der Waals surface area (Å²) < 4.78 is 0. The van der Waals surface area contributed by atoms with Gasteiger partial charge >= 0.3 is 0 Å². The second-order valence-corrected chi connectivity index (χ2v) is 5.23. The summed E-state index contributed by atoms with van der Waals surface area (Å²) in [5.74, 6) is 0.298. The Hall–Kier alpha value is -1.62. The molecule has 0 unspecified atom stereocenters. The third-order valence-electron chi connectivity index (χ3n) is 3.34. The zero-order chi connectivity index (χ0) is 13.7. The minimum atomic E-state index is 0.0102. The largest absolute Gasteiger partial charge is 0.508 e. The summed E-state index contributed by atoms with van der Waals surface area (Å²) >= 11 is 5.11. The van der Waals surface area contributed by atoms with E-state index in [-0.39, 0.29) is 17.6 Å². The third-order valence-corrected chi connectivity index (χ3v) is 3.54. The van der Waals surface area contributed by atoms with Crippen molar-refractivity contribution in [3.63, 3.8) is 0 Å². The van der Waals surface area contributed by atoms with Gasteiger partial charge in [0.25, 0.3) is 0 Å². The average Bonchev–Trinajstić information content (AvgIpc) is 2.42. The molecule has 1 aliphatic carbocycles. The van der Waals surface area contributed by atoms with Crippen molar-refractivity contribution >= 4 is 28.9 Å². The van der Waals surface area contributed by atoms with Crippen molar-refractivity contribution in [2.24, 2.45) is 5.92 Å². The van der Waals surface area contributed by atoms with Crippen LogP contribution in [0.15, 0.2) is 24.3 Å². The van der Waals surface area contributed by atoms with E-state index >= 15 is 0 Å². The van der Waals surface area contributed by atoms with E-state index in [1.807, 2.05) is 0 Å². The number of rotatable bonds is 2. The molecular formula is C14H18N2O2S. The molecule has 1 aliphatic rings. The Morgan fingerprint density at radius 2 is 1.79 bits per heavy atom. The summed E-state index contributed by atoms with van der Waals surface area (Å²) in [6, 6.07) is 6.53. The molecule has 0 bridgehead atoms. The van der Waals surface area contributed by atoms with Gasteiger partial charge < -0.3 is 15.7 Å². The highest BCUT2D eigenvalue weighted by Gasteiger charge is 2.21. The molecule has 0 atom stereocenters. The van der Waals surface area contributed by atoms with E-state index in [0.29, 0.717) is 5.11 Å². The molecule has 0 radical (unpaired) electrons. The summed E-state index contributed by atoms with van der Waals surface area (Å²) in [6.45, 7) is 0. The minimum absolute atomic E-state index is 0.0102. The number of carbonyl (C=O) groups is 1. The van der Waals surface area contributed by atoms with Crippen molar-refractivity contribution < 1.29 is 9.90 Å². The number of phenols is 1. The lowest BCUT2D eigenvalue weighted by Crippen LogP contribution is -2.38. The molecule has 1 fully saturated rings. The number of phenolic OH excluding ortho intramolecular Hbond substituents is 1. The molecular weight excluding hydrogens is 260 g/mol. The molecule has 0 spiro atoms. The summed E-state index contributed by atoms with van der Waals surface area (Å²) in [6.07, 6.45) is 5.37. The Morgan fingerprint density at radius 3 is 2.42 bits per heavy atom. The van der Waals surface area contributed by atoms with Crippen molar-refractivity contribution in [1.29, 1.82) is 0 Å². The molecule has 0 aromatic heterocycles. The Kier molecular flexibility index (Phi) is 4.74. The summed E-state index contributed by atoms with van der Waals surface area (Å²) in [7, 11) is 0. The quantitative estimate of drug-likeness (QED) is 0.575. The number of aromatic hydroxyl groups is 1. The number of carbonyl (C=O) groups excluding carboxylic acids is 1. The summed E-state index contributed by atoms with van der Waals surface area (Å²) in [5, 5.41) is 15.1. The lowest BCUT2D eigenvalue weighted by atomic mass is 9.89. The molecule has 2 rings (SSSR count).